The van der Waals surface area contributed by atoms with E-state index in [1.165, 1.54) is 25.7 Å². The van der Waals surface area contributed by atoms with Gasteiger partial charge in [0.2, 0.25) is 11.8 Å². The first-order valence-corrected chi connectivity index (χ1v) is 9.37. The van der Waals surface area contributed by atoms with Gasteiger partial charge in [0.15, 0.2) is 0 Å². The molecule has 3 N–H and O–H groups in total. The molecule has 1 fully saturated rings. The lowest BCUT2D eigenvalue weighted by molar-refractivity contribution is -0.125. The molecule has 1 aromatic rings. The summed E-state index contributed by atoms with van der Waals surface area (Å²) in [7, 11) is 0. The van der Waals surface area contributed by atoms with E-state index >= 15 is 0 Å². The molecule has 0 bridgehead atoms. The standard InChI is InChI=1S/C20H31N3O2/c1-14-9-8-10-15(2)19(14)23-18(24)13-21-20(25)16(3)22-17-11-6-4-5-7-12-17/h8-10,16-17,22H,4-7,11-13H2,1-3H3,(H,21,25)(H,23,24)/t16-/m1/s1. The predicted octanol–water partition coefficient (Wildman–Crippen LogP) is 3.06. The Morgan fingerprint density at radius 1 is 1.08 bits per heavy atom. The molecule has 5 heteroatoms. The minimum Gasteiger partial charge on any atom is -0.346 e. The van der Waals surface area contributed by atoms with E-state index in [1.807, 2.05) is 39.0 Å². The van der Waals surface area contributed by atoms with Crippen LogP contribution in [0.15, 0.2) is 18.2 Å². The number of hydrogen-bond acceptors (Lipinski definition) is 3. The molecule has 1 aromatic carbocycles. The normalized spacial score (nSPS) is 16.8. The van der Waals surface area contributed by atoms with Crippen molar-refractivity contribution in [3.63, 3.8) is 0 Å². The summed E-state index contributed by atoms with van der Waals surface area (Å²) in [6.07, 6.45) is 7.29. The second-order valence-electron chi connectivity index (χ2n) is 7.11. The molecular weight excluding hydrogens is 314 g/mol. The van der Waals surface area contributed by atoms with Crippen molar-refractivity contribution in [2.24, 2.45) is 0 Å². The molecule has 0 aromatic heterocycles. The Balaban J connectivity index is 1.77. The summed E-state index contributed by atoms with van der Waals surface area (Å²) < 4.78 is 0. The minimum absolute atomic E-state index is 0.0106. The van der Waals surface area contributed by atoms with Crippen molar-refractivity contribution < 1.29 is 9.59 Å². The second kappa shape index (κ2) is 9.56. The average Bonchev–Trinajstić information content (AvgIpc) is 2.84. The van der Waals surface area contributed by atoms with Crippen LogP contribution in [-0.4, -0.2) is 30.4 Å². The number of nitrogens with one attached hydrogen (secondary N) is 3. The fourth-order valence-corrected chi connectivity index (χ4v) is 3.39. The number of para-hydroxylation sites is 1. The third-order valence-electron chi connectivity index (χ3n) is 4.90. The van der Waals surface area contributed by atoms with E-state index in [4.69, 9.17) is 0 Å². The Morgan fingerprint density at radius 3 is 2.28 bits per heavy atom. The molecule has 1 atom stereocenters. The smallest absolute Gasteiger partial charge is 0.243 e. The van der Waals surface area contributed by atoms with E-state index in [-0.39, 0.29) is 24.4 Å². The van der Waals surface area contributed by atoms with Gasteiger partial charge < -0.3 is 16.0 Å². The van der Waals surface area contributed by atoms with Crippen LogP contribution in [0.25, 0.3) is 0 Å². The first kappa shape index (κ1) is 19.4. The number of amides is 2. The average molecular weight is 345 g/mol. The van der Waals surface area contributed by atoms with Crippen LogP contribution in [-0.2, 0) is 9.59 Å². The van der Waals surface area contributed by atoms with Crippen LogP contribution in [0.2, 0.25) is 0 Å². The summed E-state index contributed by atoms with van der Waals surface area (Å²) in [4.78, 5) is 24.4. The van der Waals surface area contributed by atoms with Crippen LogP contribution in [0.3, 0.4) is 0 Å². The fourth-order valence-electron chi connectivity index (χ4n) is 3.39. The fraction of sp³-hybridized carbons (Fsp3) is 0.600. The Bertz CT molecular complexity index is 572. The van der Waals surface area contributed by atoms with Crippen LogP contribution in [0, 0.1) is 13.8 Å². The van der Waals surface area contributed by atoms with Crippen molar-refractivity contribution in [3.05, 3.63) is 29.3 Å². The Morgan fingerprint density at radius 2 is 1.68 bits per heavy atom. The number of rotatable bonds is 6. The molecule has 1 aliphatic carbocycles. The zero-order valence-corrected chi connectivity index (χ0v) is 15.7. The molecular formula is C20H31N3O2. The number of carbonyl (C=O) groups is 2. The highest BCUT2D eigenvalue weighted by Gasteiger charge is 2.19. The number of hydrogen-bond donors (Lipinski definition) is 3. The molecule has 0 unspecified atom stereocenters. The van der Waals surface area contributed by atoms with Crippen LogP contribution < -0.4 is 16.0 Å². The van der Waals surface area contributed by atoms with E-state index in [1.54, 1.807) is 0 Å². The summed E-state index contributed by atoms with van der Waals surface area (Å²) in [5.74, 6) is -0.326. The maximum absolute atomic E-state index is 12.2. The van der Waals surface area contributed by atoms with Gasteiger partial charge in [-0.25, -0.2) is 0 Å². The van der Waals surface area contributed by atoms with Gasteiger partial charge in [-0.1, -0.05) is 43.9 Å². The van der Waals surface area contributed by atoms with E-state index in [0.29, 0.717) is 6.04 Å². The molecule has 5 nitrogen and oxygen atoms in total. The van der Waals surface area contributed by atoms with Gasteiger partial charge in [0.05, 0.1) is 12.6 Å². The summed E-state index contributed by atoms with van der Waals surface area (Å²) in [5, 5.41) is 9.03. The third-order valence-corrected chi connectivity index (χ3v) is 4.90. The van der Waals surface area contributed by atoms with Gasteiger partial charge in [0.1, 0.15) is 0 Å². The lowest BCUT2D eigenvalue weighted by Crippen LogP contribution is -2.48. The molecule has 2 amide bonds. The highest BCUT2D eigenvalue weighted by molar-refractivity contribution is 5.96. The monoisotopic (exact) mass is 345 g/mol. The summed E-state index contributed by atoms with van der Waals surface area (Å²) in [6, 6.07) is 6.01. The summed E-state index contributed by atoms with van der Waals surface area (Å²) in [6.45, 7) is 5.77. The first-order valence-electron chi connectivity index (χ1n) is 9.37. The highest BCUT2D eigenvalue weighted by atomic mass is 16.2. The molecule has 0 spiro atoms. The maximum Gasteiger partial charge on any atom is 0.243 e. The molecule has 0 heterocycles. The lowest BCUT2D eigenvalue weighted by atomic mass is 10.1. The van der Waals surface area contributed by atoms with Crippen LogP contribution >= 0.6 is 0 Å². The van der Waals surface area contributed by atoms with Gasteiger partial charge >= 0.3 is 0 Å². The van der Waals surface area contributed by atoms with Crippen molar-refractivity contribution in [1.29, 1.82) is 0 Å². The van der Waals surface area contributed by atoms with Gasteiger partial charge in [-0.15, -0.1) is 0 Å². The molecule has 1 saturated carbocycles. The van der Waals surface area contributed by atoms with Crippen molar-refractivity contribution >= 4 is 17.5 Å². The second-order valence-corrected chi connectivity index (χ2v) is 7.11. The van der Waals surface area contributed by atoms with Crippen molar-refractivity contribution in [2.75, 3.05) is 11.9 Å². The largest absolute Gasteiger partial charge is 0.346 e. The van der Waals surface area contributed by atoms with Gasteiger partial charge in [0, 0.05) is 11.7 Å². The molecule has 0 saturated heterocycles. The van der Waals surface area contributed by atoms with Gasteiger partial charge in [-0.2, -0.15) is 0 Å². The molecule has 138 valence electrons. The van der Waals surface area contributed by atoms with Crippen LogP contribution in [0.4, 0.5) is 5.69 Å². The topological polar surface area (TPSA) is 70.2 Å². The van der Waals surface area contributed by atoms with Gasteiger partial charge in [0.25, 0.3) is 0 Å². The van der Waals surface area contributed by atoms with E-state index in [2.05, 4.69) is 16.0 Å². The summed E-state index contributed by atoms with van der Waals surface area (Å²) >= 11 is 0. The molecule has 2 rings (SSSR count). The van der Waals surface area contributed by atoms with E-state index in [0.717, 1.165) is 29.7 Å². The predicted molar refractivity (Wildman–Crippen MR) is 102 cm³/mol. The number of aryl methyl sites for hydroxylation is 2. The van der Waals surface area contributed by atoms with Crippen molar-refractivity contribution in [2.45, 2.75) is 71.4 Å². The van der Waals surface area contributed by atoms with Crippen molar-refractivity contribution in [3.8, 4) is 0 Å². The molecule has 1 aliphatic rings. The Labute approximate surface area is 151 Å². The maximum atomic E-state index is 12.2. The number of carbonyl (C=O) groups excluding carboxylic acids is 2. The number of benzene rings is 1. The van der Waals surface area contributed by atoms with Crippen molar-refractivity contribution in [1.82, 2.24) is 10.6 Å². The zero-order valence-electron chi connectivity index (χ0n) is 15.7. The molecule has 25 heavy (non-hydrogen) atoms. The Kier molecular flexibility index (Phi) is 7.44. The summed E-state index contributed by atoms with van der Waals surface area (Å²) in [5.41, 5.74) is 2.86. The molecule has 0 radical (unpaired) electrons. The third kappa shape index (κ3) is 6.16. The Hall–Kier alpha value is -1.88. The van der Waals surface area contributed by atoms with Crippen LogP contribution in [0.5, 0.6) is 0 Å². The number of anilines is 1. The highest BCUT2D eigenvalue weighted by Crippen LogP contribution is 2.19. The van der Waals surface area contributed by atoms with Gasteiger partial charge in [-0.3, -0.25) is 9.59 Å². The quantitative estimate of drug-likeness (QED) is 0.694. The SMILES string of the molecule is Cc1cccc(C)c1NC(=O)CNC(=O)[C@@H](C)NC1CCCCCC1. The molecule has 0 aliphatic heterocycles. The van der Waals surface area contributed by atoms with E-state index in [9.17, 15) is 9.59 Å². The van der Waals surface area contributed by atoms with Crippen LogP contribution in [0.1, 0.15) is 56.6 Å². The first-order chi connectivity index (χ1) is 12.0. The zero-order chi connectivity index (χ0) is 18.2. The van der Waals surface area contributed by atoms with Gasteiger partial charge in [-0.05, 0) is 44.7 Å². The lowest BCUT2D eigenvalue weighted by Gasteiger charge is -2.21. The van der Waals surface area contributed by atoms with E-state index < -0.39 is 0 Å². The minimum atomic E-state index is -0.281.